The van der Waals surface area contributed by atoms with E-state index in [9.17, 15) is 4.79 Å². The SMILES string of the molecule is O=C(NCC1CCCC1Cl)c1ccccn1. The molecule has 1 aliphatic rings. The van der Waals surface area contributed by atoms with Crippen LogP contribution in [0.4, 0.5) is 0 Å². The molecule has 4 heteroatoms. The van der Waals surface area contributed by atoms with Crippen LogP contribution in [-0.4, -0.2) is 22.8 Å². The van der Waals surface area contributed by atoms with Crippen LogP contribution in [-0.2, 0) is 0 Å². The quantitative estimate of drug-likeness (QED) is 0.821. The third kappa shape index (κ3) is 2.73. The van der Waals surface area contributed by atoms with Crippen LogP contribution >= 0.6 is 11.6 Å². The van der Waals surface area contributed by atoms with Crippen LogP contribution in [0.25, 0.3) is 0 Å². The third-order valence-corrected chi connectivity index (χ3v) is 3.56. The fourth-order valence-electron chi connectivity index (χ4n) is 2.03. The number of aromatic nitrogens is 1. The van der Waals surface area contributed by atoms with E-state index in [4.69, 9.17) is 11.6 Å². The highest BCUT2D eigenvalue weighted by Crippen LogP contribution is 2.29. The van der Waals surface area contributed by atoms with Crippen molar-refractivity contribution in [2.24, 2.45) is 5.92 Å². The maximum absolute atomic E-state index is 11.7. The van der Waals surface area contributed by atoms with Crippen molar-refractivity contribution in [3.63, 3.8) is 0 Å². The molecule has 1 saturated carbocycles. The van der Waals surface area contributed by atoms with Crippen LogP contribution in [0.1, 0.15) is 29.8 Å². The molecule has 1 amide bonds. The van der Waals surface area contributed by atoms with Crippen LogP contribution in [0.2, 0.25) is 0 Å². The Balaban J connectivity index is 1.84. The molecule has 1 heterocycles. The molecule has 1 N–H and O–H groups in total. The Morgan fingerprint density at radius 3 is 3.00 bits per heavy atom. The summed E-state index contributed by atoms with van der Waals surface area (Å²) in [6.45, 7) is 0.656. The Morgan fingerprint density at radius 1 is 1.50 bits per heavy atom. The van der Waals surface area contributed by atoms with Crippen LogP contribution in [0.15, 0.2) is 24.4 Å². The van der Waals surface area contributed by atoms with Gasteiger partial charge in [0.15, 0.2) is 0 Å². The molecule has 0 saturated heterocycles. The van der Waals surface area contributed by atoms with E-state index in [-0.39, 0.29) is 11.3 Å². The van der Waals surface area contributed by atoms with Crippen molar-refractivity contribution >= 4 is 17.5 Å². The van der Waals surface area contributed by atoms with Crippen molar-refractivity contribution < 1.29 is 4.79 Å². The first-order valence-corrected chi connectivity index (χ1v) is 6.04. The first-order valence-electron chi connectivity index (χ1n) is 5.60. The Morgan fingerprint density at radius 2 is 2.38 bits per heavy atom. The minimum Gasteiger partial charge on any atom is -0.350 e. The van der Waals surface area contributed by atoms with Gasteiger partial charge in [-0.3, -0.25) is 9.78 Å². The van der Waals surface area contributed by atoms with E-state index in [0.29, 0.717) is 18.2 Å². The van der Waals surface area contributed by atoms with Crippen LogP contribution in [0.5, 0.6) is 0 Å². The van der Waals surface area contributed by atoms with E-state index in [2.05, 4.69) is 10.3 Å². The topological polar surface area (TPSA) is 42.0 Å². The van der Waals surface area contributed by atoms with E-state index in [1.807, 2.05) is 6.07 Å². The third-order valence-electron chi connectivity index (χ3n) is 2.99. The maximum Gasteiger partial charge on any atom is 0.269 e. The van der Waals surface area contributed by atoms with Crippen molar-refractivity contribution in [1.82, 2.24) is 10.3 Å². The Hall–Kier alpha value is -1.09. The fraction of sp³-hybridized carbons (Fsp3) is 0.500. The molecular formula is C12H15ClN2O. The minimum atomic E-state index is -0.114. The number of pyridine rings is 1. The van der Waals surface area contributed by atoms with E-state index >= 15 is 0 Å². The number of carbonyl (C=O) groups excluding carboxylic acids is 1. The molecule has 2 unspecified atom stereocenters. The molecule has 0 spiro atoms. The van der Waals surface area contributed by atoms with Gasteiger partial charge in [-0.05, 0) is 30.9 Å². The molecule has 16 heavy (non-hydrogen) atoms. The largest absolute Gasteiger partial charge is 0.350 e. The van der Waals surface area contributed by atoms with Crippen molar-refractivity contribution in [3.05, 3.63) is 30.1 Å². The predicted octanol–water partition coefficient (Wildman–Crippen LogP) is 2.22. The standard InChI is InChI=1S/C12H15ClN2O/c13-10-5-3-4-9(10)8-15-12(16)11-6-1-2-7-14-11/h1-2,6-7,9-10H,3-5,8H2,(H,15,16). The summed E-state index contributed by atoms with van der Waals surface area (Å²) in [5.74, 6) is 0.297. The number of hydrogen-bond acceptors (Lipinski definition) is 2. The summed E-state index contributed by atoms with van der Waals surface area (Å²) in [7, 11) is 0. The lowest BCUT2D eigenvalue weighted by Gasteiger charge is -2.13. The van der Waals surface area contributed by atoms with Crippen molar-refractivity contribution in [1.29, 1.82) is 0 Å². The molecule has 86 valence electrons. The monoisotopic (exact) mass is 238 g/mol. The second-order valence-corrected chi connectivity index (χ2v) is 4.69. The first-order chi connectivity index (χ1) is 7.77. The van der Waals surface area contributed by atoms with Gasteiger partial charge >= 0.3 is 0 Å². The molecule has 1 aromatic rings. The van der Waals surface area contributed by atoms with Gasteiger partial charge in [0, 0.05) is 18.1 Å². The highest BCUT2D eigenvalue weighted by Gasteiger charge is 2.25. The highest BCUT2D eigenvalue weighted by atomic mass is 35.5. The second kappa shape index (κ2) is 5.30. The van der Waals surface area contributed by atoms with Gasteiger partial charge in [-0.1, -0.05) is 12.5 Å². The van der Waals surface area contributed by atoms with E-state index in [0.717, 1.165) is 19.3 Å². The summed E-state index contributed by atoms with van der Waals surface area (Å²) >= 11 is 6.14. The predicted molar refractivity (Wildman–Crippen MR) is 63.6 cm³/mol. The smallest absolute Gasteiger partial charge is 0.269 e. The molecule has 3 nitrogen and oxygen atoms in total. The van der Waals surface area contributed by atoms with Gasteiger partial charge in [0.1, 0.15) is 5.69 Å². The first kappa shape index (κ1) is 11.4. The summed E-state index contributed by atoms with van der Waals surface area (Å²) in [4.78, 5) is 15.7. The zero-order valence-corrected chi connectivity index (χ0v) is 9.78. The molecular weight excluding hydrogens is 224 g/mol. The molecule has 0 aromatic carbocycles. The van der Waals surface area contributed by atoms with Crippen LogP contribution < -0.4 is 5.32 Å². The van der Waals surface area contributed by atoms with Crippen LogP contribution in [0.3, 0.4) is 0 Å². The fourth-order valence-corrected chi connectivity index (χ4v) is 2.40. The zero-order chi connectivity index (χ0) is 11.4. The molecule has 1 aliphatic carbocycles. The summed E-state index contributed by atoms with van der Waals surface area (Å²) in [6, 6.07) is 5.31. The molecule has 1 aromatic heterocycles. The lowest BCUT2D eigenvalue weighted by molar-refractivity contribution is 0.0942. The van der Waals surface area contributed by atoms with E-state index in [1.54, 1.807) is 18.3 Å². The summed E-state index contributed by atoms with van der Waals surface area (Å²) in [5, 5.41) is 3.10. The molecule has 0 bridgehead atoms. The Labute approximate surface area is 100 Å². The van der Waals surface area contributed by atoms with Gasteiger partial charge < -0.3 is 5.32 Å². The van der Waals surface area contributed by atoms with Gasteiger partial charge in [-0.15, -0.1) is 11.6 Å². The minimum absolute atomic E-state index is 0.114. The van der Waals surface area contributed by atoms with Gasteiger partial charge in [-0.2, -0.15) is 0 Å². The lowest BCUT2D eigenvalue weighted by Crippen LogP contribution is -2.31. The summed E-state index contributed by atoms with van der Waals surface area (Å²) in [5.41, 5.74) is 0.464. The van der Waals surface area contributed by atoms with E-state index in [1.165, 1.54) is 0 Å². The molecule has 0 aliphatic heterocycles. The number of alkyl halides is 1. The normalized spacial score (nSPS) is 24.3. The van der Waals surface area contributed by atoms with Crippen molar-refractivity contribution in [2.45, 2.75) is 24.6 Å². The number of carbonyl (C=O) groups is 1. The molecule has 0 radical (unpaired) electrons. The van der Waals surface area contributed by atoms with Gasteiger partial charge in [-0.25, -0.2) is 0 Å². The van der Waals surface area contributed by atoms with Gasteiger partial charge in [0.05, 0.1) is 0 Å². The summed E-state index contributed by atoms with van der Waals surface area (Å²) in [6.07, 6.45) is 4.95. The van der Waals surface area contributed by atoms with Gasteiger partial charge in [0.25, 0.3) is 5.91 Å². The number of nitrogens with one attached hydrogen (secondary N) is 1. The highest BCUT2D eigenvalue weighted by molar-refractivity contribution is 6.21. The van der Waals surface area contributed by atoms with Crippen LogP contribution in [0, 0.1) is 5.92 Å². The zero-order valence-electron chi connectivity index (χ0n) is 9.03. The molecule has 1 fully saturated rings. The summed E-state index contributed by atoms with van der Waals surface area (Å²) < 4.78 is 0. The Bertz CT molecular complexity index is 355. The van der Waals surface area contributed by atoms with Crippen molar-refractivity contribution in [3.8, 4) is 0 Å². The number of amides is 1. The number of halogens is 1. The molecule has 2 rings (SSSR count). The number of hydrogen-bond donors (Lipinski definition) is 1. The number of nitrogens with zero attached hydrogens (tertiary/aromatic N) is 1. The average Bonchev–Trinajstić information content (AvgIpc) is 2.73. The maximum atomic E-state index is 11.7. The van der Waals surface area contributed by atoms with Gasteiger partial charge in [0.2, 0.25) is 0 Å². The second-order valence-electron chi connectivity index (χ2n) is 4.13. The van der Waals surface area contributed by atoms with E-state index < -0.39 is 0 Å². The Kier molecular flexibility index (Phi) is 3.78. The lowest BCUT2D eigenvalue weighted by atomic mass is 10.1. The number of rotatable bonds is 3. The average molecular weight is 239 g/mol. The molecule has 2 atom stereocenters. The van der Waals surface area contributed by atoms with Crippen molar-refractivity contribution in [2.75, 3.05) is 6.54 Å².